The van der Waals surface area contributed by atoms with Gasteiger partial charge >= 0.3 is 11.9 Å². The fourth-order valence-corrected chi connectivity index (χ4v) is 2.57. The Morgan fingerprint density at radius 2 is 1.83 bits per heavy atom. The minimum Gasteiger partial charge on any atom is -0.465 e. The zero-order valence-corrected chi connectivity index (χ0v) is 12.9. The van der Waals surface area contributed by atoms with Crippen LogP contribution in [0.2, 0.25) is 0 Å². The number of cyclic esters (lactones) is 1. The maximum atomic E-state index is 12.4. The fraction of sp³-hybridized carbons (Fsp3) is 0.167. The van der Waals surface area contributed by atoms with E-state index in [9.17, 15) is 14.4 Å². The van der Waals surface area contributed by atoms with Gasteiger partial charge < -0.3 is 14.8 Å². The second-order valence-corrected chi connectivity index (χ2v) is 5.28. The summed E-state index contributed by atoms with van der Waals surface area (Å²) in [4.78, 5) is 36.2. The van der Waals surface area contributed by atoms with Crippen LogP contribution in [0.15, 0.2) is 48.5 Å². The molecule has 0 unspecified atom stereocenters. The zero-order valence-electron chi connectivity index (χ0n) is 12.9. The number of carbonyl (C=O) groups excluding carboxylic acids is 3. The topological polar surface area (TPSA) is 81.7 Å². The van der Waals surface area contributed by atoms with Crippen LogP contribution in [0, 0.1) is 0 Å². The molecule has 122 valence electrons. The van der Waals surface area contributed by atoms with Crippen molar-refractivity contribution in [2.75, 3.05) is 12.4 Å². The van der Waals surface area contributed by atoms with E-state index in [1.165, 1.54) is 7.11 Å². The molecule has 2 aromatic carbocycles. The number of hydrogen-bond donors (Lipinski definition) is 1. The molecule has 0 saturated heterocycles. The van der Waals surface area contributed by atoms with Crippen molar-refractivity contribution < 1.29 is 23.9 Å². The molecule has 0 aromatic heterocycles. The second kappa shape index (κ2) is 6.54. The lowest BCUT2D eigenvalue weighted by molar-refractivity contribution is -0.125. The van der Waals surface area contributed by atoms with E-state index in [-0.39, 0.29) is 12.0 Å². The molecule has 0 bridgehead atoms. The smallest absolute Gasteiger partial charge is 0.339 e. The third kappa shape index (κ3) is 2.99. The van der Waals surface area contributed by atoms with Crippen LogP contribution in [-0.4, -0.2) is 31.1 Å². The quantitative estimate of drug-likeness (QED) is 0.875. The maximum Gasteiger partial charge on any atom is 0.339 e. The Bertz CT molecular complexity index is 815. The van der Waals surface area contributed by atoms with Gasteiger partial charge in [0.1, 0.15) is 0 Å². The number of nitrogens with one attached hydrogen (secondary N) is 1. The van der Waals surface area contributed by atoms with Gasteiger partial charge in [0.2, 0.25) is 0 Å². The van der Waals surface area contributed by atoms with Crippen LogP contribution in [0.1, 0.15) is 26.3 Å². The molecular formula is C18H15NO5. The lowest BCUT2D eigenvalue weighted by Crippen LogP contribution is -2.38. The summed E-state index contributed by atoms with van der Waals surface area (Å²) in [6, 6.07) is 13.5. The van der Waals surface area contributed by atoms with Gasteiger partial charge in [-0.2, -0.15) is 0 Å². The monoisotopic (exact) mass is 325 g/mol. The SMILES string of the molecule is COC(=O)c1ccccc1NC(=O)[C@@H]1Cc2ccccc2C(=O)O1. The summed E-state index contributed by atoms with van der Waals surface area (Å²) in [6.45, 7) is 0. The van der Waals surface area contributed by atoms with Gasteiger partial charge in [-0.3, -0.25) is 4.79 Å². The molecule has 0 saturated carbocycles. The number of carbonyl (C=O) groups is 3. The van der Waals surface area contributed by atoms with E-state index >= 15 is 0 Å². The molecule has 24 heavy (non-hydrogen) atoms. The highest BCUT2D eigenvalue weighted by atomic mass is 16.5. The van der Waals surface area contributed by atoms with Crippen LogP contribution in [-0.2, 0) is 20.7 Å². The number of esters is 2. The Balaban J connectivity index is 1.80. The zero-order chi connectivity index (χ0) is 17.1. The standard InChI is InChI=1S/C18H15NO5/c1-23-17(21)13-8-4-5-9-14(13)19-16(20)15-10-11-6-2-3-7-12(11)18(22)24-15/h2-9,15H,10H2,1H3,(H,19,20)/t15-/m0/s1. The third-order valence-corrected chi connectivity index (χ3v) is 3.77. The maximum absolute atomic E-state index is 12.4. The normalized spacial score (nSPS) is 15.9. The van der Waals surface area contributed by atoms with E-state index in [1.807, 2.05) is 0 Å². The summed E-state index contributed by atoms with van der Waals surface area (Å²) in [5.41, 5.74) is 1.77. The van der Waals surface area contributed by atoms with Crippen molar-refractivity contribution in [3.63, 3.8) is 0 Å². The average Bonchev–Trinajstić information content (AvgIpc) is 2.61. The van der Waals surface area contributed by atoms with E-state index in [2.05, 4.69) is 5.32 Å². The van der Waals surface area contributed by atoms with Crippen LogP contribution < -0.4 is 5.32 Å². The summed E-state index contributed by atoms with van der Waals surface area (Å²) in [5, 5.41) is 2.63. The number of para-hydroxylation sites is 1. The van der Waals surface area contributed by atoms with Gasteiger partial charge in [-0.15, -0.1) is 0 Å². The van der Waals surface area contributed by atoms with Crippen LogP contribution >= 0.6 is 0 Å². The van der Waals surface area contributed by atoms with E-state index < -0.39 is 23.9 Å². The molecule has 1 N–H and O–H groups in total. The van der Waals surface area contributed by atoms with Crippen LogP contribution in [0.25, 0.3) is 0 Å². The minimum absolute atomic E-state index is 0.232. The molecule has 0 fully saturated rings. The molecule has 6 heteroatoms. The number of hydrogen-bond acceptors (Lipinski definition) is 5. The van der Waals surface area contributed by atoms with Gasteiger partial charge in [0.25, 0.3) is 5.91 Å². The Morgan fingerprint density at radius 3 is 2.62 bits per heavy atom. The molecular weight excluding hydrogens is 310 g/mol. The third-order valence-electron chi connectivity index (χ3n) is 3.77. The number of ether oxygens (including phenoxy) is 2. The highest BCUT2D eigenvalue weighted by Gasteiger charge is 2.31. The van der Waals surface area contributed by atoms with Crippen molar-refractivity contribution in [2.45, 2.75) is 12.5 Å². The van der Waals surface area contributed by atoms with Crippen LogP contribution in [0.5, 0.6) is 0 Å². The first-order valence-electron chi connectivity index (χ1n) is 7.37. The summed E-state index contributed by atoms with van der Waals surface area (Å²) in [6.07, 6.45) is -0.660. The molecule has 3 rings (SSSR count). The predicted molar refractivity (Wildman–Crippen MR) is 85.8 cm³/mol. The summed E-state index contributed by atoms with van der Waals surface area (Å²) < 4.78 is 9.90. The predicted octanol–water partition coefficient (Wildman–Crippen LogP) is 2.19. The molecule has 1 atom stereocenters. The number of anilines is 1. The lowest BCUT2D eigenvalue weighted by Gasteiger charge is -2.24. The molecule has 1 aliphatic rings. The largest absolute Gasteiger partial charge is 0.465 e. The van der Waals surface area contributed by atoms with E-state index in [1.54, 1.807) is 48.5 Å². The highest BCUT2D eigenvalue weighted by molar-refractivity contribution is 6.04. The summed E-state index contributed by atoms with van der Waals surface area (Å²) in [5.74, 6) is -1.58. The van der Waals surface area contributed by atoms with Crippen molar-refractivity contribution in [2.24, 2.45) is 0 Å². The second-order valence-electron chi connectivity index (χ2n) is 5.28. The Labute approximate surface area is 138 Å². The molecule has 1 amide bonds. The number of amides is 1. The minimum atomic E-state index is -0.946. The number of rotatable bonds is 3. The molecule has 0 aliphatic carbocycles. The van der Waals surface area contributed by atoms with Crippen molar-refractivity contribution in [3.8, 4) is 0 Å². The molecule has 1 aliphatic heterocycles. The average molecular weight is 325 g/mol. The first kappa shape index (κ1) is 15.7. The van der Waals surface area contributed by atoms with Crippen LogP contribution in [0.4, 0.5) is 5.69 Å². The first-order valence-corrected chi connectivity index (χ1v) is 7.37. The summed E-state index contributed by atoms with van der Waals surface area (Å²) >= 11 is 0. The Morgan fingerprint density at radius 1 is 1.12 bits per heavy atom. The lowest BCUT2D eigenvalue weighted by atomic mass is 9.98. The van der Waals surface area contributed by atoms with Crippen molar-refractivity contribution in [3.05, 3.63) is 65.2 Å². The van der Waals surface area contributed by atoms with Gasteiger partial charge in [0.15, 0.2) is 6.10 Å². The molecule has 0 radical (unpaired) electrons. The number of methoxy groups -OCH3 is 1. The van der Waals surface area contributed by atoms with Gasteiger partial charge in [0, 0.05) is 6.42 Å². The summed E-state index contributed by atoms with van der Waals surface area (Å²) in [7, 11) is 1.26. The van der Waals surface area contributed by atoms with Crippen molar-refractivity contribution in [1.82, 2.24) is 0 Å². The molecule has 6 nitrogen and oxygen atoms in total. The van der Waals surface area contributed by atoms with Crippen molar-refractivity contribution >= 4 is 23.5 Å². The van der Waals surface area contributed by atoms with Crippen LogP contribution in [0.3, 0.4) is 0 Å². The number of benzene rings is 2. The Kier molecular flexibility index (Phi) is 4.29. The molecule has 1 heterocycles. The van der Waals surface area contributed by atoms with E-state index in [0.29, 0.717) is 11.3 Å². The first-order chi connectivity index (χ1) is 11.6. The molecule has 0 spiro atoms. The van der Waals surface area contributed by atoms with Gasteiger partial charge in [-0.25, -0.2) is 9.59 Å². The van der Waals surface area contributed by atoms with Gasteiger partial charge in [0.05, 0.1) is 23.9 Å². The van der Waals surface area contributed by atoms with Crippen molar-refractivity contribution in [1.29, 1.82) is 0 Å². The molecule has 2 aromatic rings. The highest BCUT2D eigenvalue weighted by Crippen LogP contribution is 2.22. The van der Waals surface area contributed by atoms with Gasteiger partial charge in [-0.05, 0) is 23.8 Å². The van der Waals surface area contributed by atoms with Gasteiger partial charge in [-0.1, -0.05) is 30.3 Å². The Hall–Kier alpha value is -3.15. The fourth-order valence-electron chi connectivity index (χ4n) is 2.57. The number of fused-ring (bicyclic) bond motifs is 1. The van der Waals surface area contributed by atoms with E-state index in [0.717, 1.165) is 5.56 Å². The van der Waals surface area contributed by atoms with E-state index in [4.69, 9.17) is 9.47 Å².